The van der Waals surface area contributed by atoms with Crippen LogP contribution >= 0.6 is 11.6 Å². The molecule has 0 fully saturated rings. The Morgan fingerprint density at radius 1 is 0.886 bits per heavy atom. The Morgan fingerprint density at radius 3 is 2.37 bits per heavy atom. The third-order valence-electron chi connectivity index (χ3n) is 5.72. The number of hydrogen-bond donors (Lipinski definition) is 1. The maximum absolute atomic E-state index is 13.2. The molecule has 2 heterocycles. The van der Waals surface area contributed by atoms with E-state index in [-0.39, 0.29) is 5.91 Å². The third kappa shape index (κ3) is 5.50. The highest BCUT2D eigenvalue weighted by atomic mass is 35.5. The number of aromatic nitrogens is 4. The summed E-state index contributed by atoms with van der Waals surface area (Å²) in [6.45, 7) is 1.10. The molecule has 0 saturated heterocycles. The van der Waals surface area contributed by atoms with E-state index in [1.807, 2.05) is 94.6 Å². The Kier molecular flexibility index (Phi) is 6.73. The zero-order valence-electron chi connectivity index (χ0n) is 19.0. The van der Waals surface area contributed by atoms with Crippen molar-refractivity contribution in [3.63, 3.8) is 0 Å². The highest BCUT2D eigenvalue weighted by Gasteiger charge is 2.18. The Morgan fingerprint density at radius 2 is 1.66 bits per heavy atom. The van der Waals surface area contributed by atoms with Gasteiger partial charge in [0.15, 0.2) is 0 Å². The van der Waals surface area contributed by atoms with Gasteiger partial charge in [0.25, 0.3) is 5.91 Å². The van der Waals surface area contributed by atoms with Crippen molar-refractivity contribution >= 4 is 17.5 Å². The molecule has 0 aliphatic heterocycles. The maximum Gasteiger partial charge on any atom is 0.255 e. The minimum absolute atomic E-state index is 0.151. The second-order valence-electron chi connectivity index (χ2n) is 8.20. The van der Waals surface area contributed by atoms with Crippen LogP contribution in [0.1, 0.15) is 21.5 Å². The number of rotatable bonds is 8. The Balaban J connectivity index is 1.29. The summed E-state index contributed by atoms with van der Waals surface area (Å²) < 4.78 is 3.62. The van der Waals surface area contributed by atoms with E-state index in [4.69, 9.17) is 16.7 Å². The monoisotopic (exact) mass is 481 g/mol. The lowest BCUT2D eigenvalue weighted by Gasteiger charge is -2.07. The molecule has 7 heteroatoms. The van der Waals surface area contributed by atoms with Gasteiger partial charge in [0, 0.05) is 35.7 Å². The molecule has 1 N–H and O–H groups in total. The van der Waals surface area contributed by atoms with E-state index in [1.165, 1.54) is 0 Å². The fourth-order valence-electron chi connectivity index (χ4n) is 3.91. The molecule has 0 atom stereocenters. The van der Waals surface area contributed by atoms with Crippen molar-refractivity contribution in [3.8, 4) is 16.9 Å². The molecule has 0 aliphatic rings. The molecule has 0 aliphatic carbocycles. The summed E-state index contributed by atoms with van der Waals surface area (Å²) >= 11 is 6.07. The molecule has 0 spiro atoms. The fourth-order valence-corrected chi connectivity index (χ4v) is 4.04. The predicted molar refractivity (Wildman–Crippen MR) is 138 cm³/mol. The number of benzene rings is 3. The molecule has 1 amide bonds. The van der Waals surface area contributed by atoms with Gasteiger partial charge < -0.3 is 5.32 Å². The molecule has 5 aromatic rings. The van der Waals surface area contributed by atoms with Gasteiger partial charge >= 0.3 is 0 Å². The number of amides is 1. The SMILES string of the molecule is O=C(NCCc1ccc(-n2cccn2)cc1)c1cn(Cc2ccccc2)nc1-c1ccc(Cl)cc1. The molecule has 0 saturated carbocycles. The van der Waals surface area contributed by atoms with Crippen LogP contribution in [0.3, 0.4) is 0 Å². The average molecular weight is 482 g/mol. The number of carbonyl (C=O) groups is 1. The zero-order valence-corrected chi connectivity index (χ0v) is 19.8. The number of nitrogens with one attached hydrogen (secondary N) is 1. The molecule has 0 unspecified atom stereocenters. The maximum atomic E-state index is 13.2. The minimum atomic E-state index is -0.151. The molecule has 174 valence electrons. The first-order chi connectivity index (χ1) is 17.2. The topological polar surface area (TPSA) is 64.7 Å². The van der Waals surface area contributed by atoms with Crippen molar-refractivity contribution in [3.05, 3.63) is 125 Å². The van der Waals surface area contributed by atoms with Crippen molar-refractivity contribution in [2.75, 3.05) is 6.54 Å². The van der Waals surface area contributed by atoms with Crippen LogP contribution in [0.5, 0.6) is 0 Å². The van der Waals surface area contributed by atoms with Crippen molar-refractivity contribution in [2.24, 2.45) is 0 Å². The van der Waals surface area contributed by atoms with Crippen LogP contribution in [0.25, 0.3) is 16.9 Å². The van der Waals surface area contributed by atoms with Crippen molar-refractivity contribution < 1.29 is 4.79 Å². The van der Waals surface area contributed by atoms with Crippen molar-refractivity contribution in [1.82, 2.24) is 24.9 Å². The van der Waals surface area contributed by atoms with E-state index >= 15 is 0 Å². The van der Waals surface area contributed by atoms with Gasteiger partial charge in [-0.25, -0.2) is 4.68 Å². The summed E-state index contributed by atoms with van der Waals surface area (Å²) in [6, 6.07) is 27.5. The van der Waals surface area contributed by atoms with Crippen LogP contribution in [0.2, 0.25) is 5.02 Å². The van der Waals surface area contributed by atoms with E-state index in [1.54, 1.807) is 6.20 Å². The van der Waals surface area contributed by atoms with Crippen LogP contribution in [0.15, 0.2) is 104 Å². The predicted octanol–water partition coefficient (Wildman–Crippen LogP) is 5.41. The summed E-state index contributed by atoms with van der Waals surface area (Å²) in [4.78, 5) is 13.2. The largest absolute Gasteiger partial charge is 0.352 e. The lowest BCUT2D eigenvalue weighted by Crippen LogP contribution is -2.25. The molecule has 5 rings (SSSR count). The quantitative estimate of drug-likeness (QED) is 0.322. The third-order valence-corrected chi connectivity index (χ3v) is 5.97. The molecule has 6 nitrogen and oxygen atoms in total. The molecular weight excluding hydrogens is 458 g/mol. The Labute approximate surface area is 208 Å². The minimum Gasteiger partial charge on any atom is -0.352 e. The van der Waals surface area contributed by atoms with Crippen LogP contribution in [-0.2, 0) is 13.0 Å². The second-order valence-corrected chi connectivity index (χ2v) is 8.64. The van der Waals surface area contributed by atoms with Crippen LogP contribution < -0.4 is 5.32 Å². The van der Waals surface area contributed by atoms with Crippen molar-refractivity contribution in [2.45, 2.75) is 13.0 Å². The summed E-state index contributed by atoms with van der Waals surface area (Å²) in [5.74, 6) is -0.151. The van der Waals surface area contributed by atoms with Gasteiger partial charge in [-0.1, -0.05) is 66.2 Å². The van der Waals surface area contributed by atoms with Gasteiger partial charge in [-0.3, -0.25) is 9.48 Å². The number of hydrogen-bond acceptors (Lipinski definition) is 3. The first-order valence-corrected chi connectivity index (χ1v) is 11.8. The lowest BCUT2D eigenvalue weighted by atomic mass is 10.1. The highest BCUT2D eigenvalue weighted by Crippen LogP contribution is 2.24. The molecular formula is C28H24ClN5O. The van der Waals surface area contributed by atoms with Crippen LogP contribution in [0.4, 0.5) is 0 Å². The van der Waals surface area contributed by atoms with Crippen LogP contribution in [0, 0.1) is 0 Å². The Hall–Kier alpha value is -4.16. The zero-order chi connectivity index (χ0) is 24.0. The molecule has 0 radical (unpaired) electrons. The number of halogens is 1. The molecule has 3 aromatic carbocycles. The molecule has 35 heavy (non-hydrogen) atoms. The average Bonchev–Trinajstić information content (AvgIpc) is 3.56. The first-order valence-electron chi connectivity index (χ1n) is 11.4. The fraction of sp³-hybridized carbons (Fsp3) is 0.107. The van der Waals surface area contributed by atoms with Gasteiger partial charge in [0.1, 0.15) is 5.69 Å². The van der Waals surface area contributed by atoms with E-state index in [0.717, 1.165) is 28.8 Å². The Bertz CT molecular complexity index is 1390. The van der Waals surface area contributed by atoms with Gasteiger partial charge in [-0.05, 0) is 47.9 Å². The van der Waals surface area contributed by atoms with E-state index in [9.17, 15) is 4.79 Å². The normalized spacial score (nSPS) is 10.9. The van der Waals surface area contributed by atoms with Crippen LogP contribution in [-0.4, -0.2) is 32.0 Å². The number of nitrogens with zero attached hydrogens (tertiary/aromatic N) is 4. The molecule has 0 bridgehead atoms. The second kappa shape index (κ2) is 10.4. The van der Waals surface area contributed by atoms with E-state index in [0.29, 0.717) is 29.4 Å². The lowest BCUT2D eigenvalue weighted by molar-refractivity contribution is 0.0954. The number of carbonyl (C=O) groups excluding carboxylic acids is 1. The highest BCUT2D eigenvalue weighted by molar-refractivity contribution is 6.30. The summed E-state index contributed by atoms with van der Waals surface area (Å²) in [6.07, 6.45) is 6.19. The van der Waals surface area contributed by atoms with Gasteiger partial charge in [-0.15, -0.1) is 0 Å². The van der Waals surface area contributed by atoms with Gasteiger partial charge in [-0.2, -0.15) is 10.2 Å². The summed E-state index contributed by atoms with van der Waals surface area (Å²) in [5.41, 5.74) is 5.28. The smallest absolute Gasteiger partial charge is 0.255 e. The van der Waals surface area contributed by atoms with Gasteiger partial charge in [0.2, 0.25) is 0 Å². The molecule has 2 aromatic heterocycles. The van der Waals surface area contributed by atoms with Crippen molar-refractivity contribution in [1.29, 1.82) is 0 Å². The first kappa shape index (κ1) is 22.6. The van der Waals surface area contributed by atoms with E-state index < -0.39 is 0 Å². The standard InChI is InChI=1S/C28H24ClN5O/c29-24-11-9-23(10-12-24)27-26(20-33(32-27)19-22-5-2-1-3-6-22)28(35)30-17-15-21-7-13-25(14-8-21)34-18-4-16-31-34/h1-14,16,18,20H,15,17,19H2,(H,30,35). The van der Waals surface area contributed by atoms with E-state index in [2.05, 4.69) is 22.5 Å². The summed E-state index contributed by atoms with van der Waals surface area (Å²) in [5, 5.41) is 12.7. The van der Waals surface area contributed by atoms with Gasteiger partial charge in [0.05, 0.1) is 17.8 Å². The summed E-state index contributed by atoms with van der Waals surface area (Å²) in [7, 11) is 0.